The Kier molecular flexibility index (Phi) is 3.46. The molecule has 78 valence electrons. The molecule has 1 rings (SSSR count). The summed E-state index contributed by atoms with van der Waals surface area (Å²) in [5.41, 5.74) is -0.594. The van der Waals surface area contributed by atoms with E-state index in [-0.39, 0.29) is 19.0 Å². The predicted molar refractivity (Wildman–Crippen MR) is 51.0 cm³/mol. The normalized spacial score (nSPS) is 11.6. The van der Waals surface area contributed by atoms with Crippen LogP contribution in [0, 0.1) is 0 Å². The second kappa shape index (κ2) is 4.41. The van der Waals surface area contributed by atoms with Crippen molar-refractivity contribution in [2.24, 2.45) is 0 Å². The number of phenols is 1. The standard InChI is InChI=1S/C10H14O4/c1-14-10(6-11,7-12)8-3-2-4-9(13)5-8/h2-5,11-13H,6-7H2,1H3. The van der Waals surface area contributed by atoms with Crippen molar-refractivity contribution >= 4 is 0 Å². The average Bonchev–Trinajstić information content (AvgIpc) is 2.22. The molecule has 0 heterocycles. The van der Waals surface area contributed by atoms with Gasteiger partial charge in [-0.2, -0.15) is 0 Å². The van der Waals surface area contributed by atoms with E-state index in [1.807, 2.05) is 0 Å². The van der Waals surface area contributed by atoms with Crippen LogP contribution in [0.25, 0.3) is 0 Å². The maximum absolute atomic E-state index is 9.24. The zero-order chi connectivity index (χ0) is 10.6. The fourth-order valence-corrected chi connectivity index (χ4v) is 1.27. The highest BCUT2D eigenvalue weighted by Gasteiger charge is 2.30. The van der Waals surface area contributed by atoms with Gasteiger partial charge in [0.15, 0.2) is 0 Å². The summed E-state index contributed by atoms with van der Waals surface area (Å²) in [7, 11) is 1.40. The molecule has 0 aromatic heterocycles. The fraction of sp³-hybridized carbons (Fsp3) is 0.400. The molecular weight excluding hydrogens is 184 g/mol. The molecule has 0 saturated carbocycles. The molecule has 0 unspecified atom stereocenters. The summed E-state index contributed by atoms with van der Waals surface area (Å²) in [6.07, 6.45) is 0. The number of rotatable bonds is 4. The van der Waals surface area contributed by atoms with Crippen LogP contribution in [-0.4, -0.2) is 35.6 Å². The molecule has 0 amide bonds. The van der Waals surface area contributed by atoms with Gasteiger partial charge < -0.3 is 20.1 Å². The molecule has 0 fully saturated rings. The molecule has 0 spiro atoms. The molecule has 3 N–H and O–H groups in total. The van der Waals surface area contributed by atoms with E-state index in [4.69, 9.17) is 14.9 Å². The summed E-state index contributed by atoms with van der Waals surface area (Å²) in [5, 5.41) is 27.6. The Morgan fingerprint density at radius 2 is 1.93 bits per heavy atom. The highest BCUT2D eigenvalue weighted by Crippen LogP contribution is 2.26. The van der Waals surface area contributed by atoms with Gasteiger partial charge in [0.1, 0.15) is 11.4 Å². The van der Waals surface area contributed by atoms with E-state index in [9.17, 15) is 5.11 Å². The molecule has 0 radical (unpaired) electrons. The second-order valence-electron chi connectivity index (χ2n) is 3.06. The molecule has 0 bridgehead atoms. The highest BCUT2D eigenvalue weighted by molar-refractivity contribution is 5.31. The first kappa shape index (κ1) is 11.0. The van der Waals surface area contributed by atoms with Crippen molar-refractivity contribution in [2.75, 3.05) is 20.3 Å². The number of methoxy groups -OCH3 is 1. The topological polar surface area (TPSA) is 69.9 Å². The molecule has 14 heavy (non-hydrogen) atoms. The molecule has 1 aromatic carbocycles. The Labute approximate surface area is 82.4 Å². The molecule has 0 saturated heterocycles. The summed E-state index contributed by atoms with van der Waals surface area (Å²) in [5.74, 6) is 0.0748. The Hall–Kier alpha value is -1.10. The second-order valence-corrected chi connectivity index (χ2v) is 3.06. The molecule has 0 atom stereocenters. The Balaban J connectivity index is 3.10. The van der Waals surface area contributed by atoms with E-state index < -0.39 is 5.60 Å². The van der Waals surface area contributed by atoms with Gasteiger partial charge in [0, 0.05) is 7.11 Å². The molecule has 4 nitrogen and oxygen atoms in total. The summed E-state index contributed by atoms with van der Waals surface area (Å²) in [6, 6.07) is 6.27. The van der Waals surface area contributed by atoms with Crippen LogP contribution in [0.5, 0.6) is 5.75 Å². The number of aliphatic hydroxyl groups excluding tert-OH is 2. The molecular formula is C10H14O4. The fourth-order valence-electron chi connectivity index (χ4n) is 1.27. The van der Waals surface area contributed by atoms with E-state index >= 15 is 0 Å². The number of hydrogen-bond donors (Lipinski definition) is 3. The summed E-state index contributed by atoms with van der Waals surface area (Å²) in [6.45, 7) is -0.688. The van der Waals surface area contributed by atoms with Gasteiger partial charge >= 0.3 is 0 Å². The van der Waals surface area contributed by atoms with Crippen LogP contribution in [0.3, 0.4) is 0 Å². The lowest BCUT2D eigenvalue weighted by Gasteiger charge is -2.28. The maximum Gasteiger partial charge on any atom is 0.139 e. The van der Waals surface area contributed by atoms with Crippen molar-refractivity contribution in [3.8, 4) is 5.75 Å². The first-order valence-electron chi connectivity index (χ1n) is 4.25. The van der Waals surface area contributed by atoms with Crippen molar-refractivity contribution in [1.29, 1.82) is 0 Å². The zero-order valence-electron chi connectivity index (χ0n) is 7.97. The number of aromatic hydroxyl groups is 1. The number of hydrogen-bond acceptors (Lipinski definition) is 4. The van der Waals surface area contributed by atoms with Crippen LogP contribution >= 0.6 is 0 Å². The van der Waals surface area contributed by atoms with Crippen molar-refractivity contribution in [3.05, 3.63) is 29.8 Å². The van der Waals surface area contributed by atoms with E-state index in [1.165, 1.54) is 19.2 Å². The first-order chi connectivity index (χ1) is 6.68. The van der Waals surface area contributed by atoms with Crippen LogP contribution in [-0.2, 0) is 10.3 Å². The Morgan fingerprint density at radius 3 is 2.36 bits per heavy atom. The minimum absolute atomic E-state index is 0.0748. The van der Waals surface area contributed by atoms with Crippen LogP contribution in [0.1, 0.15) is 5.56 Å². The zero-order valence-corrected chi connectivity index (χ0v) is 7.97. The van der Waals surface area contributed by atoms with Crippen LogP contribution in [0.15, 0.2) is 24.3 Å². The molecule has 0 aliphatic carbocycles. The Bertz CT molecular complexity index is 286. The first-order valence-corrected chi connectivity index (χ1v) is 4.25. The third-order valence-corrected chi connectivity index (χ3v) is 2.27. The van der Waals surface area contributed by atoms with Crippen molar-refractivity contribution in [1.82, 2.24) is 0 Å². The van der Waals surface area contributed by atoms with Gasteiger partial charge in [-0.25, -0.2) is 0 Å². The third kappa shape index (κ3) is 1.87. The van der Waals surface area contributed by atoms with Gasteiger partial charge in [-0.1, -0.05) is 12.1 Å². The van der Waals surface area contributed by atoms with E-state index in [2.05, 4.69) is 0 Å². The van der Waals surface area contributed by atoms with Gasteiger partial charge in [-0.15, -0.1) is 0 Å². The van der Waals surface area contributed by atoms with Crippen LogP contribution in [0.4, 0.5) is 0 Å². The van der Waals surface area contributed by atoms with Gasteiger partial charge in [-0.05, 0) is 17.7 Å². The van der Waals surface area contributed by atoms with E-state index in [0.29, 0.717) is 5.56 Å². The largest absolute Gasteiger partial charge is 0.508 e. The average molecular weight is 198 g/mol. The minimum atomic E-state index is -1.14. The smallest absolute Gasteiger partial charge is 0.139 e. The van der Waals surface area contributed by atoms with Gasteiger partial charge in [0.2, 0.25) is 0 Å². The summed E-state index contributed by atoms with van der Waals surface area (Å²) < 4.78 is 5.07. The number of benzene rings is 1. The van der Waals surface area contributed by atoms with Crippen molar-refractivity contribution < 1.29 is 20.1 Å². The molecule has 0 aliphatic heterocycles. The third-order valence-electron chi connectivity index (χ3n) is 2.27. The monoisotopic (exact) mass is 198 g/mol. The van der Waals surface area contributed by atoms with E-state index in [0.717, 1.165) is 0 Å². The van der Waals surface area contributed by atoms with Crippen molar-refractivity contribution in [3.63, 3.8) is 0 Å². The highest BCUT2D eigenvalue weighted by atomic mass is 16.5. The van der Waals surface area contributed by atoms with Gasteiger partial charge in [-0.3, -0.25) is 0 Å². The quantitative estimate of drug-likeness (QED) is 0.647. The van der Waals surface area contributed by atoms with Gasteiger partial charge in [0.25, 0.3) is 0 Å². The predicted octanol–water partition coefficient (Wildman–Crippen LogP) is 0.218. The number of phenolic OH excluding ortho intramolecular Hbond substituents is 1. The number of ether oxygens (including phenoxy) is 1. The van der Waals surface area contributed by atoms with Crippen molar-refractivity contribution in [2.45, 2.75) is 5.60 Å². The lowest BCUT2D eigenvalue weighted by molar-refractivity contribution is -0.0907. The molecule has 0 aliphatic rings. The lowest BCUT2D eigenvalue weighted by atomic mass is 9.95. The van der Waals surface area contributed by atoms with Crippen LogP contribution in [0.2, 0.25) is 0 Å². The van der Waals surface area contributed by atoms with E-state index in [1.54, 1.807) is 12.1 Å². The molecule has 4 heteroatoms. The Morgan fingerprint density at radius 1 is 1.29 bits per heavy atom. The summed E-state index contributed by atoms with van der Waals surface area (Å²) >= 11 is 0. The van der Waals surface area contributed by atoms with Gasteiger partial charge in [0.05, 0.1) is 13.2 Å². The maximum atomic E-state index is 9.24. The minimum Gasteiger partial charge on any atom is -0.508 e. The lowest BCUT2D eigenvalue weighted by Crippen LogP contribution is -2.36. The SMILES string of the molecule is COC(CO)(CO)c1cccc(O)c1. The van der Waals surface area contributed by atoms with Crippen LogP contribution < -0.4 is 0 Å². The summed E-state index contributed by atoms with van der Waals surface area (Å²) in [4.78, 5) is 0. The number of aliphatic hydroxyl groups is 2. The molecule has 1 aromatic rings.